The van der Waals surface area contributed by atoms with Crippen molar-refractivity contribution >= 4 is 12.1 Å². The van der Waals surface area contributed by atoms with Gasteiger partial charge in [-0.3, -0.25) is 0 Å². The van der Waals surface area contributed by atoms with Crippen LogP contribution in [0, 0.1) is 0 Å². The van der Waals surface area contributed by atoms with Crippen LogP contribution in [-0.2, 0) is 17.8 Å². The second-order valence-corrected chi connectivity index (χ2v) is 5.45. The predicted octanol–water partition coefficient (Wildman–Crippen LogP) is 1.20. The van der Waals surface area contributed by atoms with Crippen molar-refractivity contribution in [2.24, 2.45) is 0 Å². The third-order valence-electron chi connectivity index (χ3n) is 3.93. The van der Waals surface area contributed by atoms with Crippen LogP contribution in [0.25, 0.3) is 0 Å². The molecule has 4 amide bonds. The first-order valence-electron chi connectivity index (χ1n) is 7.14. The maximum atomic E-state index is 12.2. The quantitative estimate of drug-likeness (QED) is 0.890. The lowest BCUT2D eigenvalue weighted by atomic mass is 9.99. The zero-order valence-electron chi connectivity index (χ0n) is 12.0. The Balaban J connectivity index is 1.60. The van der Waals surface area contributed by atoms with Crippen LogP contribution in [0.4, 0.5) is 9.59 Å². The number of rotatable bonds is 2. The maximum absolute atomic E-state index is 12.2. The summed E-state index contributed by atoms with van der Waals surface area (Å²) in [6.07, 6.45) is 0.763. The number of carbonyl (C=O) groups is 2. The monoisotopic (exact) mass is 289 g/mol. The van der Waals surface area contributed by atoms with E-state index in [1.54, 1.807) is 11.9 Å². The van der Waals surface area contributed by atoms with Crippen LogP contribution in [0.2, 0.25) is 0 Å². The van der Waals surface area contributed by atoms with E-state index >= 15 is 0 Å². The van der Waals surface area contributed by atoms with Gasteiger partial charge in [-0.2, -0.15) is 0 Å². The number of hydrogen-bond acceptors (Lipinski definition) is 3. The molecule has 1 fully saturated rings. The van der Waals surface area contributed by atoms with Crippen LogP contribution in [-0.4, -0.2) is 54.6 Å². The van der Waals surface area contributed by atoms with E-state index in [0.717, 1.165) is 6.42 Å². The van der Waals surface area contributed by atoms with E-state index in [1.807, 2.05) is 12.1 Å². The summed E-state index contributed by atoms with van der Waals surface area (Å²) in [5.74, 6) is 0. The second-order valence-electron chi connectivity index (χ2n) is 5.45. The fourth-order valence-corrected chi connectivity index (χ4v) is 2.77. The first kappa shape index (κ1) is 13.9. The summed E-state index contributed by atoms with van der Waals surface area (Å²) in [6, 6.07) is 7.60. The minimum Gasteiger partial charge on any atom is -0.371 e. The molecule has 1 aromatic carbocycles. The largest absolute Gasteiger partial charge is 0.371 e. The highest BCUT2D eigenvalue weighted by Crippen LogP contribution is 2.21. The van der Waals surface area contributed by atoms with Crippen LogP contribution < -0.4 is 5.32 Å². The number of benzene rings is 1. The molecular formula is C15H19N3O3. The fourth-order valence-electron chi connectivity index (χ4n) is 2.77. The number of fused-ring (bicyclic) bond motifs is 1. The van der Waals surface area contributed by atoms with E-state index in [9.17, 15) is 9.59 Å². The Hall–Kier alpha value is -2.08. The van der Waals surface area contributed by atoms with Gasteiger partial charge in [-0.05, 0) is 11.1 Å². The normalized spacial score (nSPS) is 20.9. The van der Waals surface area contributed by atoms with Gasteiger partial charge < -0.3 is 15.0 Å². The lowest BCUT2D eigenvalue weighted by Crippen LogP contribution is -2.46. The van der Waals surface area contributed by atoms with Gasteiger partial charge in [0.05, 0.1) is 12.7 Å². The number of ether oxygens (including phenoxy) is 1. The van der Waals surface area contributed by atoms with Gasteiger partial charge in [-0.1, -0.05) is 24.3 Å². The van der Waals surface area contributed by atoms with Crippen molar-refractivity contribution in [3.8, 4) is 0 Å². The maximum Gasteiger partial charge on any atom is 0.328 e. The first-order chi connectivity index (χ1) is 10.1. The van der Waals surface area contributed by atoms with Gasteiger partial charge in [0.2, 0.25) is 0 Å². The third kappa shape index (κ3) is 2.85. The summed E-state index contributed by atoms with van der Waals surface area (Å²) < 4.78 is 5.80. The molecule has 0 aliphatic carbocycles. The van der Waals surface area contributed by atoms with Crippen molar-refractivity contribution in [2.45, 2.75) is 19.1 Å². The Morgan fingerprint density at radius 2 is 2.19 bits per heavy atom. The standard InChI is InChI=1S/C15H19N3O3/c1-17(15(20)18-7-6-16-14(18)19)9-13-8-11-4-2-3-5-12(11)10-21-13/h2-5,13H,6-10H2,1H3,(H,16,19). The van der Waals surface area contributed by atoms with Crippen molar-refractivity contribution in [2.75, 3.05) is 26.7 Å². The van der Waals surface area contributed by atoms with E-state index in [2.05, 4.69) is 17.4 Å². The molecule has 2 aliphatic heterocycles. The number of nitrogens with one attached hydrogen (secondary N) is 1. The SMILES string of the molecule is CN(CC1Cc2ccccc2CO1)C(=O)N1CCNC1=O. The molecule has 0 saturated carbocycles. The molecule has 0 bridgehead atoms. The van der Waals surface area contributed by atoms with Crippen LogP contribution in [0.15, 0.2) is 24.3 Å². The Morgan fingerprint density at radius 3 is 2.90 bits per heavy atom. The summed E-state index contributed by atoms with van der Waals surface area (Å²) in [5.41, 5.74) is 2.48. The Kier molecular flexibility index (Phi) is 3.79. The highest BCUT2D eigenvalue weighted by molar-refractivity contribution is 5.94. The highest BCUT2D eigenvalue weighted by Gasteiger charge is 2.30. The fraction of sp³-hybridized carbons (Fsp3) is 0.467. The van der Waals surface area contributed by atoms with Crippen LogP contribution in [0.3, 0.4) is 0 Å². The van der Waals surface area contributed by atoms with E-state index < -0.39 is 0 Å². The van der Waals surface area contributed by atoms with Gasteiger partial charge in [0.1, 0.15) is 0 Å². The zero-order valence-corrected chi connectivity index (χ0v) is 12.0. The number of nitrogens with zero attached hydrogens (tertiary/aromatic N) is 2. The summed E-state index contributed by atoms with van der Waals surface area (Å²) in [6.45, 7) is 2.01. The number of imide groups is 1. The van der Waals surface area contributed by atoms with Crippen LogP contribution in [0.1, 0.15) is 11.1 Å². The van der Waals surface area contributed by atoms with Gasteiger partial charge in [-0.15, -0.1) is 0 Å². The molecule has 0 spiro atoms. The smallest absolute Gasteiger partial charge is 0.328 e. The zero-order chi connectivity index (χ0) is 14.8. The summed E-state index contributed by atoms with van der Waals surface area (Å²) in [7, 11) is 1.71. The third-order valence-corrected chi connectivity index (χ3v) is 3.93. The Labute approximate surface area is 123 Å². The highest BCUT2D eigenvalue weighted by atomic mass is 16.5. The van der Waals surface area contributed by atoms with Crippen molar-refractivity contribution in [1.29, 1.82) is 0 Å². The molecule has 6 heteroatoms. The molecular weight excluding hydrogens is 270 g/mol. The molecule has 2 heterocycles. The molecule has 1 aromatic rings. The average Bonchev–Trinajstić information content (AvgIpc) is 2.92. The van der Waals surface area contributed by atoms with E-state index in [1.165, 1.54) is 16.0 Å². The molecule has 0 aromatic heterocycles. The second kappa shape index (κ2) is 5.73. The van der Waals surface area contributed by atoms with E-state index in [0.29, 0.717) is 26.2 Å². The van der Waals surface area contributed by atoms with Crippen molar-refractivity contribution in [3.05, 3.63) is 35.4 Å². The Morgan fingerprint density at radius 1 is 1.43 bits per heavy atom. The molecule has 1 saturated heterocycles. The number of amides is 4. The number of carbonyl (C=O) groups excluding carboxylic acids is 2. The summed E-state index contributed by atoms with van der Waals surface area (Å²) in [5, 5.41) is 2.63. The summed E-state index contributed by atoms with van der Waals surface area (Å²) >= 11 is 0. The summed E-state index contributed by atoms with van der Waals surface area (Å²) in [4.78, 5) is 26.5. The van der Waals surface area contributed by atoms with Crippen molar-refractivity contribution < 1.29 is 14.3 Å². The number of hydrogen-bond donors (Lipinski definition) is 1. The number of urea groups is 2. The molecule has 1 unspecified atom stereocenters. The molecule has 21 heavy (non-hydrogen) atoms. The van der Waals surface area contributed by atoms with Gasteiger partial charge in [0, 0.05) is 33.1 Å². The van der Waals surface area contributed by atoms with E-state index in [-0.39, 0.29) is 18.2 Å². The minimum absolute atomic E-state index is 0.0282. The lowest BCUT2D eigenvalue weighted by molar-refractivity contribution is 0.0135. The lowest BCUT2D eigenvalue weighted by Gasteiger charge is -2.30. The van der Waals surface area contributed by atoms with Crippen LogP contribution >= 0.6 is 0 Å². The number of likely N-dealkylation sites (N-methyl/N-ethyl adjacent to an activating group) is 1. The predicted molar refractivity (Wildman–Crippen MR) is 76.9 cm³/mol. The van der Waals surface area contributed by atoms with E-state index in [4.69, 9.17) is 4.74 Å². The molecule has 3 rings (SSSR count). The van der Waals surface area contributed by atoms with Gasteiger partial charge >= 0.3 is 12.1 Å². The molecule has 0 radical (unpaired) electrons. The first-order valence-corrected chi connectivity index (χ1v) is 7.14. The Bertz CT molecular complexity index is 561. The molecule has 112 valence electrons. The minimum atomic E-state index is -0.318. The molecule has 1 N–H and O–H groups in total. The molecule has 1 atom stereocenters. The van der Waals surface area contributed by atoms with Gasteiger partial charge in [-0.25, -0.2) is 14.5 Å². The van der Waals surface area contributed by atoms with Crippen molar-refractivity contribution in [1.82, 2.24) is 15.1 Å². The van der Waals surface area contributed by atoms with Crippen LogP contribution in [0.5, 0.6) is 0 Å². The topological polar surface area (TPSA) is 61.9 Å². The van der Waals surface area contributed by atoms with Gasteiger partial charge in [0.15, 0.2) is 0 Å². The van der Waals surface area contributed by atoms with Crippen molar-refractivity contribution in [3.63, 3.8) is 0 Å². The van der Waals surface area contributed by atoms with Gasteiger partial charge in [0.25, 0.3) is 0 Å². The average molecular weight is 289 g/mol. The molecule has 2 aliphatic rings. The molecule has 6 nitrogen and oxygen atoms in total.